The number of nitrogens with one attached hydrogen (secondary N) is 2. The fraction of sp³-hybridized carbons (Fsp3) is 0.613. The van der Waals surface area contributed by atoms with E-state index < -0.39 is 0 Å². The molecule has 1 aromatic carbocycles. The van der Waals surface area contributed by atoms with Crippen molar-refractivity contribution < 1.29 is 0 Å². The van der Waals surface area contributed by atoms with Gasteiger partial charge in [-0.3, -0.25) is 9.80 Å². The van der Waals surface area contributed by atoms with Crippen LogP contribution in [0.1, 0.15) is 77.2 Å². The SMILES string of the molecule is CCC(c1nc2cc(N[C@H]3CC[C@@](c4ccccc4)(N(C)C)CC3)cnc2n1CC)N1C[C@@H](C)N[C@@H](C)C1. The highest BCUT2D eigenvalue weighted by Crippen LogP contribution is 2.41. The fourth-order valence-corrected chi connectivity index (χ4v) is 7.12. The maximum atomic E-state index is 5.21. The quantitative estimate of drug-likeness (QED) is 0.417. The number of benzene rings is 1. The molecule has 3 heterocycles. The minimum atomic E-state index is 0.116. The number of piperazine rings is 1. The van der Waals surface area contributed by atoms with E-state index in [9.17, 15) is 0 Å². The van der Waals surface area contributed by atoms with Gasteiger partial charge in [-0.05, 0) is 78.6 Å². The van der Waals surface area contributed by atoms with Crippen LogP contribution in [0.2, 0.25) is 0 Å². The van der Waals surface area contributed by atoms with Crippen molar-refractivity contribution in [3.63, 3.8) is 0 Å². The Morgan fingerprint density at radius 1 is 1.08 bits per heavy atom. The largest absolute Gasteiger partial charge is 0.381 e. The Labute approximate surface area is 229 Å². The Morgan fingerprint density at radius 3 is 2.37 bits per heavy atom. The molecule has 0 radical (unpaired) electrons. The number of anilines is 1. The van der Waals surface area contributed by atoms with Crippen molar-refractivity contribution in [2.45, 2.75) is 96.1 Å². The zero-order chi connectivity index (χ0) is 26.9. The third-order valence-corrected chi connectivity index (χ3v) is 8.99. The molecular weight excluding hydrogens is 470 g/mol. The van der Waals surface area contributed by atoms with E-state index in [0.717, 1.165) is 74.4 Å². The molecule has 2 fully saturated rings. The van der Waals surface area contributed by atoms with E-state index in [4.69, 9.17) is 9.97 Å². The van der Waals surface area contributed by atoms with E-state index in [1.807, 2.05) is 6.20 Å². The molecule has 1 aliphatic carbocycles. The summed E-state index contributed by atoms with van der Waals surface area (Å²) in [5.74, 6) is 1.16. The number of hydrogen-bond donors (Lipinski definition) is 2. The lowest BCUT2D eigenvalue weighted by atomic mass is 9.74. The summed E-state index contributed by atoms with van der Waals surface area (Å²) in [5, 5.41) is 7.49. The van der Waals surface area contributed by atoms with Gasteiger partial charge in [0.15, 0.2) is 5.65 Å². The molecule has 0 spiro atoms. The van der Waals surface area contributed by atoms with Crippen molar-refractivity contribution in [2.24, 2.45) is 0 Å². The molecule has 0 amide bonds. The minimum absolute atomic E-state index is 0.116. The number of nitrogens with zero attached hydrogens (tertiary/aromatic N) is 5. The Bertz CT molecular complexity index is 1190. The molecule has 0 bridgehead atoms. The molecule has 2 aromatic heterocycles. The smallest absolute Gasteiger partial charge is 0.160 e. The summed E-state index contributed by atoms with van der Waals surface area (Å²) in [6.07, 6.45) is 7.62. The van der Waals surface area contributed by atoms with Crippen molar-refractivity contribution in [3.05, 3.63) is 54.0 Å². The predicted molar refractivity (Wildman–Crippen MR) is 158 cm³/mol. The number of aromatic nitrogens is 3. The summed E-state index contributed by atoms with van der Waals surface area (Å²) in [6, 6.07) is 15.0. The molecule has 2 aliphatic rings. The molecule has 2 N–H and O–H groups in total. The van der Waals surface area contributed by atoms with Gasteiger partial charge >= 0.3 is 0 Å². The number of aryl methyl sites for hydroxylation is 1. The molecule has 206 valence electrons. The first-order chi connectivity index (χ1) is 18.3. The first kappa shape index (κ1) is 27.1. The fourth-order valence-electron chi connectivity index (χ4n) is 7.12. The summed E-state index contributed by atoms with van der Waals surface area (Å²) in [5.41, 5.74) is 4.64. The molecule has 3 atom stereocenters. The van der Waals surface area contributed by atoms with E-state index in [2.05, 4.69) is 103 Å². The van der Waals surface area contributed by atoms with Gasteiger partial charge < -0.3 is 15.2 Å². The molecule has 1 aliphatic heterocycles. The first-order valence-corrected chi connectivity index (χ1v) is 14.7. The van der Waals surface area contributed by atoms with Crippen LogP contribution in [0.5, 0.6) is 0 Å². The normalized spacial score (nSPS) is 27.6. The molecule has 3 aromatic rings. The third-order valence-electron chi connectivity index (χ3n) is 8.99. The molecular formula is C31H47N7. The van der Waals surface area contributed by atoms with Gasteiger partial charge in [-0.15, -0.1) is 0 Å². The van der Waals surface area contributed by atoms with Crippen LogP contribution in [0.4, 0.5) is 5.69 Å². The van der Waals surface area contributed by atoms with Crippen LogP contribution < -0.4 is 10.6 Å². The topological polar surface area (TPSA) is 61.3 Å². The second kappa shape index (κ2) is 11.3. The second-order valence-electron chi connectivity index (χ2n) is 11.8. The minimum Gasteiger partial charge on any atom is -0.381 e. The molecule has 1 saturated carbocycles. The number of rotatable bonds is 8. The summed E-state index contributed by atoms with van der Waals surface area (Å²) < 4.78 is 2.33. The zero-order valence-corrected chi connectivity index (χ0v) is 24.2. The summed E-state index contributed by atoms with van der Waals surface area (Å²) >= 11 is 0. The van der Waals surface area contributed by atoms with Gasteiger partial charge in [-0.25, -0.2) is 9.97 Å². The molecule has 38 heavy (non-hydrogen) atoms. The van der Waals surface area contributed by atoms with E-state index >= 15 is 0 Å². The lowest BCUT2D eigenvalue weighted by Crippen LogP contribution is -2.55. The highest BCUT2D eigenvalue weighted by Gasteiger charge is 2.38. The Hall–Kier alpha value is -2.48. The van der Waals surface area contributed by atoms with Crippen LogP contribution >= 0.6 is 0 Å². The molecule has 7 nitrogen and oxygen atoms in total. The van der Waals surface area contributed by atoms with Crippen LogP contribution in [-0.2, 0) is 12.1 Å². The molecule has 1 saturated heterocycles. The van der Waals surface area contributed by atoms with Crippen molar-refractivity contribution in [1.29, 1.82) is 0 Å². The van der Waals surface area contributed by atoms with Gasteiger partial charge in [0.25, 0.3) is 0 Å². The molecule has 7 heteroatoms. The van der Waals surface area contributed by atoms with Crippen LogP contribution in [0.15, 0.2) is 42.6 Å². The highest BCUT2D eigenvalue weighted by atomic mass is 15.3. The van der Waals surface area contributed by atoms with Crippen LogP contribution in [0.3, 0.4) is 0 Å². The number of pyridine rings is 1. The average molecular weight is 518 g/mol. The lowest BCUT2D eigenvalue weighted by Gasteiger charge is -2.46. The highest BCUT2D eigenvalue weighted by molar-refractivity contribution is 5.76. The number of fused-ring (bicyclic) bond motifs is 1. The van der Waals surface area contributed by atoms with Gasteiger partial charge in [-0.1, -0.05) is 37.3 Å². The molecule has 5 rings (SSSR count). The van der Waals surface area contributed by atoms with Crippen molar-refractivity contribution >= 4 is 16.9 Å². The summed E-state index contributed by atoms with van der Waals surface area (Å²) in [6.45, 7) is 12.0. The van der Waals surface area contributed by atoms with Gasteiger partial charge in [0, 0.05) is 43.3 Å². The Balaban J connectivity index is 1.34. The van der Waals surface area contributed by atoms with E-state index in [1.54, 1.807) is 0 Å². The van der Waals surface area contributed by atoms with Crippen LogP contribution in [-0.4, -0.2) is 69.6 Å². The predicted octanol–water partition coefficient (Wildman–Crippen LogP) is 5.40. The van der Waals surface area contributed by atoms with Gasteiger partial charge in [0.05, 0.1) is 17.9 Å². The first-order valence-electron chi connectivity index (χ1n) is 14.7. The van der Waals surface area contributed by atoms with Gasteiger partial charge in [0.1, 0.15) is 11.3 Å². The van der Waals surface area contributed by atoms with Crippen molar-refractivity contribution in [1.82, 2.24) is 29.7 Å². The molecule has 1 unspecified atom stereocenters. The summed E-state index contributed by atoms with van der Waals surface area (Å²) in [7, 11) is 4.46. The maximum Gasteiger partial charge on any atom is 0.160 e. The summed E-state index contributed by atoms with van der Waals surface area (Å²) in [4.78, 5) is 15.2. The van der Waals surface area contributed by atoms with Gasteiger partial charge in [-0.2, -0.15) is 0 Å². The van der Waals surface area contributed by atoms with E-state index in [-0.39, 0.29) is 5.54 Å². The third kappa shape index (κ3) is 5.21. The van der Waals surface area contributed by atoms with Crippen LogP contribution in [0, 0.1) is 0 Å². The van der Waals surface area contributed by atoms with Crippen molar-refractivity contribution in [3.8, 4) is 0 Å². The standard InChI is InChI=1S/C31H47N7/c1-7-28(37-20-22(3)33-23(4)21-37)30-35-27-18-26(19-32-29(27)38(30)8-2)34-25-14-16-31(17-15-25,36(5)6)24-12-10-9-11-13-24/h9-13,18-19,22-23,25,28,33-34H,7-8,14-17,20-21H2,1-6H3/t22-,23+,25-,28?,31+. The second-order valence-corrected chi connectivity index (χ2v) is 11.8. The monoisotopic (exact) mass is 517 g/mol. The van der Waals surface area contributed by atoms with Crippen LogP contribution in [0.25, 0.3) is 11.2 Å². The zero-order valence-electron chi connectivity index (χ0n) is 24.2. The average Bonchev–Trinajstić information content (AvgIpc) is 3.27. The number of hydrogen-bond acceptors (Lipinski definition) is 6. The number of imidazole rings is 1. The van der Waals surface area contributed by atoms with Crippen molar-refractivity contribution in [2.75, 3.05) is 32.5 Å². The Morgan fingerprint density at radius 2 is 1.76 bits per heavy atom. The Kier molecular flexibility index (Phi) is 8.08. The van der Waals surface area contributed by atoms with Gasteiger partial charge in [0.2, 0.25) is 0 Å². The maximum absolute atomic E-state index is 5.21. The van der Waals surface area contributed by atoms with E-state index in [0.29, 0.717) is 24.2 Å². The lowest BCUT2D eigenvalue weighted by molar-refractivity contribution is 0.0945. The van der Waals surface area contributed by atoms with E-state index in [1.165, 1.54) is 5.56 Å².